The fraction of sp³-hybridized carbons (Fsp3) is 0.273. The lowest BCUT2D eigenvalue weighted by atomic mass is 10.1. The third-order valence-electron chi connectivity index (χ3n) is 2.52. The molecule has 0 bridgehead atoms. The molecule has 19 heavy (non-hydrogen) atoms. The largest absolute Gasteiger partial charge is 0.490 e. The summed E-state index contributed by atoms with van der Waals surface area (Å²) in [6.07, 6.45) is 1.53. The van der Waals surface area contributed by atoms with Gasteiger partial charge in [0.05, 0.1) is 17.6 Å². The van der Waals surface area contributed by atoms with Crippen LogP contribution in [0.5, 0.6) is 5.75 Å². The number of ether oxygens (including phenoxy) is 1. The first-order valence-corrected chi connectivity index (χ1v) is 6.46. The van der Waals surface area contributed by atoms with Gasteiger partial charge in [0.1, 0.15) is 6.33 Å². The minimum atomic E-state index is -0.475. The number of nitro benzene ring substituents is 1. The smallest absolute Gasteiger partial charge is 0.311 e. The number of benzene rings is 1. The van der Waals surface area contributed by atoms with Crippen LogP contribution in [0, 0.1) is 10.1 Å². The van der Waals surface area contributed by atoms with E-state index in [1.54, 1.807) is 13.1 Å². The molecule has 0 radical (unpaired) electrons. The van der Waals surface area contributed by atoms with Gasteiger partial charge in [0.25, 0.3) is 0 Å². The Kier molecular flexibility index (Phi) is 3.79. The van der Waals surface area contributed by atoms with Gasteiger partial charge >= 0.3 is 5.69 Å². The molecule has 0 aliphatic heterocycles. The first-order valence-electron chi connectivity index (χ1n) is 5.34. The fourth-order valence-electron chi connectivity index (χ4n) is 1.73. The van der Waals surface area contributed by atoms with E-state index in [9.17, 15) is 10.1 Å². The minimum Gasteiger partial charge on any atom is -0.490 e. The van der Waals surface area contributed by atoms with Gasteiger partial charge in [-0.05, 0) is 11.6 Å². The first-order chi connectivity index (χ1) is 9.06. The highest BCUT2D eigenvalue weighted by atomic mass is 79.9. The molecule has 0 unspecified atom stereocenters. The molecule has 0 saturated heterocycles. The topological polar surface area (TPSA) is 83.1 Å². The summed E-state index contributed by atoms with van der Waals surface area (Å²) >= 11 is 3.29. The first kappa shape index (κ1) is 13.5. The predicted octanol–water partition coefficient (Wildman–Crippen LogP) is 2.29. The monoisotopic (exact) mass is 326 g/mol. The molecular weight excluding hydrogens is 316 g/mol. The van der Waals surface area contributed by atoms with Gasteiger partial charge in [0.15, 0.2) is 5.82 Å². The number of hydrogen-bond acceptors (Lipinski definition) is 5. The number of rotatable bonds is 4. The van der Waals surface area contributed by atoms with E-state index in [2.05, 4.69) is 26.0 Å². The van der Waals surface area contributed by atoms with Crippen LogP contribution in [0.4, 0.5) is 5.69 Å². The molecule has 1 heterocycles. The Morgan fingerprint density at radius 3 is 2.74 bits per heavy atom. The number of aryl methyl sites for hydroxylation is 1. The fourth-order valence-corrected chi connectivity index (χ4v) is 2.05. The number of nitro groups is 1. The highest BCUT2D eigenvalue weighted by molar-refractivity contribution is 9.08. The van der Waals surface area contributed by atoms with Crippen molar-refractivity contribution in [2.75, 3.05) is 7.11 Å². The van der Waals surface area contributed by atoms with E-state index in [4.69, 9.17) is 4.74 Å². The van der Waals surface area contributed by atoms with Crippen molar-refractivity contribution in [2.24, 2.45) is 7.05 Å². The van der Waals surface area contributed by atoms with Gasteiger partial charge in [-0.3, -0.25) is 14.8 Å². The zero-order valence-corrected chi connectivity index (χ0v) is 11.9. The molecule has 2 rings (SSSR count). The highest BCUT2D eigenvalue weighted by Gasteiger charge is 2.23. The molecule has 8 heteroatoms. The summed E-state index contributed by atoms with van der Waals surface area (Å²) in [6, 6.07) is 3.25. The molecule has 0 aliphatic carbocycles. The van der Waals surface area contributed by atoms with E-state index in [1.165, 1.54) is 24.2 Å². The molecule has 0 N–H and O–H groups in total. The second-order valence-corrected chi connectivity index (χ2v) is 4.39. The van der Waals surface area contributed by atoms with E-state index in [0.29, 0.717) is 16.7 Å². The second kappa shape index (κ2) is 5.35. The Morgan fingerprint density at radius 1 is 1.53 bits per heavy atom. The standard InChI is InChI=1S/C11H11BrN4O3/c1-15-6-13-11(14-15)8-3-7(5-12)4-9(16(17)18)10(8)19-2/h3-4,6H,5H2,1-2H3. The van der Waals surface area contributed by atoms with Crippen molar-refractivity contribution in [3.63, 3.8) is 0 Å². The average molecular weight is 327 g/mol. The highest BCUT2D eigenvalue weighted by Crippen LogP contribution is 2.38. The molecular formula is C11H11BrN4O3. The zero-order valence-electron chi connectivity index (χ0n) is 10.3. The molecule has 0 aliphatic rings. The molecule has 0 saturated carbocycles. The Bertz CT molecular complexity index is 626. The summed E-state index contributed by atoms with van der Waals surface area (Å²) < 4.78 is 6.68. The van der Waals surface area contributed by atoms with E-state index < -0.39 is 4.92 Å². The van der Waals surface area contributed by atoms with Gasteiger partial charge in [0, 0.05) is 18.4 Å². The number of alkyl halides is 1. The van der Waals surface area contributed by atoms with Gasteiger partial charge in [0.2, 0.25) is 5.75 Å². The lowest BCUT2D eigenvalue weighted by molar-refractivity contribution is -0.385. The predicted molar refractivity (Wildman–Crippen MR) is 72.3 cm³/mol. The Labute approximate surface area is 117 Å². The SMILES string of the molecule is COc1c(-c2ncn(C)n2)cc(CBr)cc1[N+](=O)[O-]. The molecule has 1 aromatic heterocycles. The van der Waals surface area contributed by atoms with Crippen LogP contribution >= 0.6 is 15.9 Å². The lowest BCUT2D eigenvalue weighted by Gasteiger charge is -2.08. The molecule has 0 atom stereocenters. The van der Waals surface area contributed by atoms with Crippen LogP contribution in [-0.2, 0) is 12.4 Å². The third-order valence-corrected chi connectivity index (χ3v) is 3.17. The maximum absolute atomic E-state index is 11.1. The summed E-state index contributed by atoms with van der Waals surface area (Å²) in [5, 5.41) is 15.8. The maximum atomic E-state index is 11.1. The zero-order chi connectivity index (χ0) is 14.0. The van der Waals surface area contributed by atoms with E-state index in [1.807, 2.05) is 0 Å². The summed E-state index contributed by atoms with van der Waals surface area (Å²) in [5.74, 6) is 0.561. The van der Waals surface area contributed by atoms with Crippen molar-refractivity contribution in [3.05, 3.63) is 34.1 Å². The third kappa shape index (κ3) is 2.58. The Morgan fingerprint density at radius 2 is 2.26 bits per heavy atom. The van der Waals surface area contributed by atoms with Crippen molar-refractivity contribution in [2.45, 2.75) is 5.33 Å². The van der Waals surface area contributed by atoms with Crippen molar-refractivity contribution >= 4 is 21.6 Å². The van der Waals surface area contributed by atoms with Crippen LogP contribution in [0.25, 0.3) is 11.4 Å². The van der Waals surface area contributed by atoms with E-state index in [-0.39, 0.29) is 11.4 Å². The van der Waals surface area contributed by atoms with E-state index >= 15 is 0 Å². The number of nitrogens with zero attached hydrogens (tertiary/aromatic N) is 4. The molecule has 100 valence electrons. The van der Waals surface area contributed by atoms with Crippen molar-refractivity contribution < 1.29 is 9.66 Å². The van der Waals surface area contributed by atoms with Crippen molar-refractivity contribution in [1.82, 2.24) is 14.8 Å². The number of methoxy groups -OCH3 is 1. The van der Waals surface area contributed by atoms with Crippen molar-refractivity contribution in [3.8, 4) is 17.1 Å². The minimum absolute atomic E-state index is 0.0955. The Hall–Kier alpha value is -1.96. The van der Waals surface area contributed by atoms with Crippen molar-refractivity contribution in [1.29, 1.82) is 0 Å². The molecule has 7 nitrogen and oxygen atoms in total. The number of halogens is 1. The summed E-state index contributed by atoms with van der Waals surface area (Å²) in [7, 11) is 3.12. The van der Waals surface area contributed by atoms with Crippen LogP contribution in [0.2, 0.25) is 0 Å². The number of aromatic nitrogens is 3. The van der Waals surface area contributed by atoms with Gasteiger partial charge < -0.3 is 4.74 Å². The van der Waals surface area contributed by atoms with Crippen LogP contribution in [0.15, 0.2) is 18.5 Å². The van der Waals surface area contributed by atoms with Crippen LogP contribution in [0.1, 0.15) is 5.56 Å². The van der Waals surface area contributed by atoms with Gasteiger partial charge in [-0.25, -0.2) is 4.98 Å². The molecule has 0 amide bonds. The summed E-state index contributed by atoms with van der Waals surface area (Å²) in [5.41, 5.74) is 1.17. The quantitative estimate of drug-likeness (QED) is 0.489. The van der Waals surface area contributed by atoms with Crippen LogP contribution in [0.3, 0.4) is 0 Å². The molecule has 2 aromatic rings. The second-order valence-electron chi connectivity index (χ2n) is 3.83. The van der Waals surface area contributed by atoms with Crippen LogP contribution < -0.4 is 4.74 Å². The number of hydrogen-bond donors (Lipinski definition) is 0. The normalized spacial score (nSPS) is 10.5. The van der Waals surface area contributed by atoms with Gasteiger partial charge in [-0.1, -0.05) is 15.9 Å². The van der Waals surface area contributed by atoms with E-state index in [0.717, 1.165) is 5.56 Å². The van der Waals surface area contributed by atoms with Crippen LogP contribution in [-0.4, -0.2) is 26.8 Å². The molecule has 0 spiro atoms. The summed E-state index contributed by atoms with van der Waals surface area (Å²) in [4.78, 5) is 14.7. The lowest BCUT2D eigenvalue weighted by Crippen LogP contribution is -1.99. The molecule has 0 fully saturated rings. The maximum Gasteiger partial charge on any atom is 0.311 e. The van der Waals surface area contributed by atoms with Gasteiger partial charge in [-0.2, -0.15) is 5.10 Å². The Balaban J connectivity index is 2.70. The molecule has 1 aromatic carbocycles. The van der Waals surface area contributed by atoms with Gasteiger partial charge in [-0.15, -0.1) is 0 Å². The average Bonchev–Trinajstić information content (AvgIpc) is 2.83. The summed E-state index contributed by atoms with van der Waals surface area (Å²) in [6.45, 7) is 0.